The van der Waals surface area contributed by atoms with Gasteiger partial charge in [0, 0.05) is 12.1 Å². The number of nitrogen functional groups attached to an aromatic ring is 1. The Balaban J connectivity index is 1.04. The second-order valence-corrected chi connectivity index (χ2v) is 13.3. The van der Waals surface area contributed by atoms with E-state index in [1.54, 1.807) is 0 Å². The number of phosphoric ester groups is 2. The number of aliphatic hydroxyl groups excluding tert-OH is 4. The van der Waals surface area contributed by atoms with E-state index >= 15 is 0 Å². The van der Waals surface area contributed by atoms with Gasteiger partial charge in [-0.3, -0.25) is 23.7 Å². The van der Waals surface area contributed by atoms with E-state index in [-0.39, 0.29) is 33.7 Å². The lowest BCUT2D eigenvalue weighted by molar-refractivity contribution is -0.384. The number of fused-ring (bicyclic) bond motifs is 2. The monoisotopic (exact) mass is 705 g/mol. The number of nitro groups is 1. The van der Waals surface area contributed by atoms with Gasteiger partial charge in [-0.05, 0) is 6.07 Å². The maximum Gasteiger partial charge on any atom is 0.481 e. The lowest BCUT2D eigenvalue weighted by atomic mass is 10.1. The number of hydrogen-bond acceptors (Lipinski definition) is 19. The van der Waals surface area contributed by atoms with Crippen LogP contribution in [0.25, 0.3) is 22.2 Å². The van der Waals surface area contributed by atoms with Crippen LogP contribution >= 0.6 is 15.6 Å². The smallest absolute Gasteiger partial charge is 0.387 e. The summed E-state index contributed by atoms with van der Waals surface area (Å²) in [5.41, 5.74) is 6.08. The summed E-state index contributed by atoms with van der Waals surface area (Å²) in [6.07, 6.45) is -10.0. The summed E-state index contributed by atoms with van der Waals surface area (Å²) >= 11 is 0. The van der Waals surface area contributed by atoms with Crippen LogP contribution < -0.4 is 5.73 Å². The zero-order valence-electron chi connectivity index (χ0n) is 23.3. The number of aromatic nitrogens is 7. The van der Waals surface area contributed by atoms with Crippen LogP contribution in [0, 0.1) is 10.1 Å². The second kappa shape index (κ2) is 12.4. The van der Waals surface area contributed by atoms with Crippen LogP contribution in [0.4, 0.5) is 11.5 Å². The van der Waals surface area contributed by atoms with Gasteiger partial charge in [-0.1, -0.05) is 5.21 Å². The summed E-state index contributed by atoms with van der Waals surface area (Å²) < 4.78 is 52.0. The molecule has 0 bridgehead atoms. The summed E-state index contributed by atoms with van der Waals surface area (Å²) in [5.74, 6) is 0.0413. The standard InChI is InChI=1S/C21H25N9O15P2/c22-18-13-19(24-6-23-18)28(7-25-13)20-16(33)14(31)11(43-20)4-41-46(37,38)45-47(39,40)42-5-12-15(32)17(34)21(44-12)29-10-2-1-8(30(35)36)3-9(10)26-27-29/h1-3,6-7,11-12,14-17,20-21,31-34H,4-5H2,(H,37,38)(H,39,40)(H2,22,23,24)/t11-,12-,14-,15-,16-,17-,20-,21-/m1/s1. The summed E-state index contributed by atoms with van der Waals surface area (Å²) in [5, 5.41) is 60.5. The zero-order valence-corrected chi connectivity index (χ0v) is 25.1. The molecule has 1 aromatic carbocycles. The molecule has 5 heterocycles. The van der Waals surface area contributed by atoms with Gasteiger partial charge < -0.3 is 45.4 Å². The van der Waals surface area contributed by atoms with Crippen molar-refractivity contribution >= 4 is 49.3 Å². The Labute approximate surface area is 260 Å². The van der Waals surface area contributed by atoms with Crippen molar-refractivity contribution in [2.45, 2.75) is 49.1 Å². The molecule has 2 aliphatic rings. The molecule has 2 fully saturated rings. The topological polar surface area (TPSA) is 345 Å². The number of nitro benzene ring substituents is 1. The number of rotatable bonds is 11. The van der Waals surface area contributed by atoms with Crippen molar-refractivity contribution in [3.63, 3.8) is 0 Å². The highest BCUT2D eigenvalue weighted by atomic mass is 31.3. The Morgan fingerprint density at radius 3 is 2.19 bits per heavy atom. The zero-order chi connectivity index (χ0) is 33.8. The quantitative estimate of drug-likeness (QED) is 0.0516. The van der Waals surface area contributed by atoms with Crippen molar-refractivity contribution in [2.24, 2.45) is 0 Å². The lowest BCUT2D eigenvalue weighted by Crippen LogP contribution is -2.34. The molecule has 24 nitrogen and oxygen atoms in total. The van der Waals surface area contributed by atoms with Crippen LogP contribution in [-0.2, 0) is 32.0 Å². The predicted octanol–water partition coefficient (Wildman–Crippen LogP) is -1.75. The number of hydrogen-bond donors (Lipinski definition) is 7. The fourth-order valence-electron chi connectivity index (χ4n) is 4.97. The van der Waals surface area contributed by atoms with E-state index in [1.807, 2.05) is 0 Å². The molecule has 2 aliphatic heterocycles. The number of anilines is 1. The van der Waals surface area contributed by atoms with Gasteiger partial charge in [0.15, 0.2) is 23.9 Å². The average Bonchev–Trinajstić information content (AvgIpc) is 3.76. The maximum absolute atomic E-state index is 12.5. The Hall–Kier alpha value is -3.61. The van der Waals surface area contributed by atoms with E-state index in [4.69, 9.17) is 24.3 Å². The lowest BCUT2D eigenvalue weighted by Gasteiger charge is -2.20. The highest BCUT2D eigenvalue weighted by molar-refractivity contribution is 7.61. The van der Waals surface area contributed by atoms with E-state index in [0.717, 1.165) is 23.1 Å². The van der Waals surface area contributed by atoms with Crippen LogP contribution in [0.3, 0.4) is 0 Å². The number of nitrogens with zero attached hydrogens (tertiary/aromatic N) is 8. The fourth-order valence-corrected chi connectivity index (χ4v) is 7.06. The summed E-state index contributed by atoms with van der Waals surface area (Å²) in [7, 11) is -10.8. The third-order valence-corrected chi connectivity index (χ3v) is 9.85. The van der Waals surface area contributed by atoms with Gasteiger partial charge in [0.25, 0.3) is 5.69 Å². The van der Waals surface area contributed by atoms with Gasteiger partial charge in [0.05, 0.1) is 30.0 Å². The number of ether oxygens (including phenoxy) is 2. The molecule has 3 aromatic heterocycles. The summed E-state index contributed by atoms with van der Waals surface area (Å²) in [6.45, 7) is -1.87. The second-order valence-electron chi connectivity index (χ2n) is 10.2. The first-order chi connectivity index (χ1) is 22.2. The van der Waals surface area contributed by atoms with E-state index in [1.165, 1.54) is 17.0 Å². The maximum atomic E-state index is 12.5. The first kappa shape index (κ1) is 33.3. The van der Waals surface area contributed by atoms with Gasteiger partial charge in [-0.2, -0.15) is 4.31 Å². The predicted molar refractivity (Wildman–Crippen MR) is 148 cm³/mol. The molecule has 0 saturated carbocycles. The molecule has 6 rings (SSSR count). The van der Waals surface area contributed by atoms with Crippen molar-refractivity contribution in [3.05, 3.63) is 41.0 Å². The summed E-state index contributed by atoms with van der Waals surface area (Å²) in [6, 6.07) is 3.57. The highest BCUT2D eigenvalue weighted by Gasteiger charge is 2.48. The molecule has 10 atom stereocenters. The molecule has 47 heavy (non-hydrogen) atoms. The molecule has 0 amide bonds. The van der Waals surface area contributed by atoms with Crippen LogP contribution in [0.2, 0.25) is 0 Å². The molecule has 2 unspecified atom stereocenters. The first-order valence-electron chi connectivity index (χ1n) is 13.3. The van der Waals surface area contributed by atoms with Crippen LogP contribution in [-0.4, -0.2) is 119 Å². The van der Waals surface area contributed by atoms with Crippen molar-refractivity contribution in [2.75, 3.05) is 18.9 Å². The van der Waals surface area contributed by atoms with E-state index in [9.17, 15) is 49.5 Å². The molecule has 254 valence electrons. The van der Waals surface area contributed by atoms with Crippen LogP contribution in [0.15, 0.2) is 30.9 Å². The third kappa shape index (κ3) is 6.47. The van der Waals surface area contributed by atoms with E-state index in [2.05, 4.69) is 29.6 Å². The number of phosphoric acid groups is 2. The third-order valence-electron chi connectivity index (χ3n) is 7.25. The first-order valence-corrected chi connectivity index (χ1v) is 16.3. The normalized spacial score (nSPS) is 30.5. The van der Waals surface area contributed by atoms with Crippen LogP contribution in [0.1, 0.15) is 12.5 Å². The molecular weight excluding hydrogens is 680 g/mol. The van der Waals surface area contributed by atoms with Crippen molar-refractivity contribution in [1.29, 1.82) is 0 Å². The molecule has 2 saturated heterocycles. The minimum atomic E-state index is -5.42. The Morgan fingerprint density at radius 2 is 1.55 bits per heavy atom. The van der Waals surface area contributed by atoms with Gasteiger partial charge in [0.2, 0.25) is 0 Å². The van der Waals surface area contributed by atoms with Gasteiger partial charge >= 0.3 is 15.6 Å². The van der Waals surface area contributed by atoms with E-state index < -0.39 is 82.9 Å². The van der Waals surface area contributed by atoms with Gasteiger partial charge in [0.1, 0.15) is 54.0 Å². The molecular formula is C21H25N9O15P2. The molecule has 0 spiro atoms. The molecule has 8 N–H and O–H groups in total. The largest absolute Gasteiger partial charge is 0.481 e. The van der Waals surface area contributed by atoms with E-state index in [0.29, 0.717) is 0 Å². The van der Waals surface area contributed by atoms with Gasteiger partial charge in [-0.15, -0.1) is 5.10 Å². The van der Waals surface area contributed by atoms with Crippen molar-refractivity contribution in [3.8, 4) is 0 Å². The Bertz CT molecular complexity index is 1910. The summed E-state index contributed by atoms with van der Waals surface area (Å²) in [4.78, 5) is 42.3. The average molecular weight is 705 g/mol. The minimum Gasteiger partial charge on any atom is -0.387 e. The Morgan fingerprint density at radius 1 is 0.936 bits per heavy atom. The number of aliphatic hydroxyl groups is 4. The van der Waals surface area contributed by atoms with Crippen LogP contribution in [0.5, 0.6) is 0 Å². The molecule has 4 aromatic rings. The van der Waals surface area contributed by atoms with Crippen molar-refractivity contribution in [1.82, 2.24) is 34.5 Å². The molecule has 0 aliphatic carbocycles. The molecule has 26 heteroatoms. The number of benzene rings is 1. The Kier molecular flexibility index (Phi) is 8.82. The van der Waals surface area contributed by atoms with Gasteiger partial charge in [-0.25, -0.2) is 28.8 Å². The van der Waals surface area contributed by atoms with Crippen molar-refractivity contribution < 1.29 is 67.1 Å². The number of non-ortho nitro benzene ring substituents is 1. The SMILES string of the molecule is Nc1ncnc2c1ncn2[C@@H]1O[C@H](COP(=O)(O)OP(=O)(O)OC[C@H]2O[C@@H](n3nnc4cc([N+](=O)[O-])ccc43)[C@H](O)[C@@H]2O)[C@@H](O)[C@H]1O. The fraction of sp³-hybridized carbons (Fsp3) is 0.476. The number of imidazole rings is 1. The number of nitrogens with two attached hydrogens (primary N) is 1. The highest BCUT2D eigenvalue weighted by Crippen LogP contribution is 2.60. The minimum absolute atomic E-state index is 0.0413. The molecule has 0 radical (unpaired) electrons.